The maximum absolute atomic E-state index is 12.5. The van der Waals surface area contributed by atoms with Crippen molar-refractivity contribution in [1.29, 1.82) is 0 Å². The average Bonchev–Trinajstić information content (AvgIpc) is 3.36. The van der Waals surface area contributed by atoms with Crippen LogP contribution < -0.4 is 10.6 Å². The topological polar surface area (TPSA) is 61.4 Å². The van der Waals surface area contributed by atoms with Crippen LogP contribution in [0.4, 0.5) is 0 Å². The van der Waals surface area contributed by atoms with Crippen molar-refractivity contribution in [1.82, 2.24) is 15.5 Å². The molecule has 1 aromatic rings. The van der Waals surface area contributed by atoms with Crippen LogP contribution in [0.25, 0.3) is 0 Å². The van der Waals surface area contributed by atoms with Gasteiger partial charge in [0.05, 0.1) is 5.92 Å². The third-order valence-corrected chi connectivity index (χ3v) is 5.40. The van der Waals surface area contributed by atoms with Crippen molar-refractivity contribution in [2.24, 2.45) is 11.8 Å². The molecular weight excluding hydrogens is 302 g/mol. The van der Waals surface area contributed by atoms with Gasteiger partial charge in [0.2, 0.25) is 11.8 Å². The van der Waals surface area contributed by atoms with Crippen LogP contribution in [-0.4, -0.2) is 29.8 Å². The molecule has 128 valence electrons. The minimum absolute atomic E-state index is 0.0578. The Labute approximate surface area is 142 Å². The van der Waals surface area contributed by atoms with Crippen LogP contribution in [0, 0.1) is 11.8 Å². The third kappa shape index (κ3) is 3.31. The number of fused-ring (bicyclic) bond motifs is 1. The second-order valence-corrected chi connectivity index (χ2v) is 7.32. The Hall–Kier alpha value is -1.88. The van der Waals surface area contributed by atoms with E-state index in [0.29, 0.717) is 13.1 Å². The summed E-state index contributed by atoms with van der Waals surface area (Å²) >= 11 is 0. The molecular formula is C19H25N3O2. The van der Waals surface area contributed by atoms with Gasteiger partial charge in [-0.3, -0.25) is 9.59 Å². The van der Waals surface area contributed by atoms with Crippen molar-refractivity contribution in [2.45, 2.75) is 45.3 Å². The Bertz CT molecular complexity index is 654. The van der Waals surface area contributed by atoms with E-state index in [1.807, 2.05) is 4.90 Å². The van der Waals surface area contributed by atoms with Crippen molar-refractivity contribution in [2.75, 3.05) is 13.1 Å². The fraction of sp³-hybridized carbons (Fsp3) is 0.579. The van der Waals surface area contributed by atoms with Gasteiger partial charge in [-0.25, -0.2) is 0 Å². The molecule has 1 unspecified atom stereocenters. The quantitative estimate of drug-likeness (QED) is 0.882. The lowest BCUT2D eigenvalue weighted by atomic mass is 9.96. The van der Waals surface area contributed by atoms with Crippen LogP contribution >= 0.6 is 0 Å². The van der Waals surface area contributed by atoms with Crippen molar-refractivity contribution >= 4 is 11.8 Å². The second kappa shape index (κ2) is 6.55. The second-order valence-electron chi connectivity index (χ2n) is 7.32. The third-order valence-electron chi connectivity index (χ3n) is 5.40. The van der Waals surface area contributed by atoms with Gasteiger partial charge in [0, 0.05) is 38.6 Å². The molecule has 1 saturated carbocycles. The highest BCUT2D eigenvalue weighted by atomic mass is 16.2. The molecule has 24 heavy (non-hydrogen) atoms. The highest BCUT2D eigenvalue weighted by Crippen LogP contribution is 2.32. The van der Waals surface area contributed by atoms with E-state index in [4.69, 9.17) is 0 Å². The molecule has 5 heteroatoms. The Morgan fingerprint density at radius 2 is 1.96 bits per heavy atom. The molecule has 1 aliphatic carbocycles. The van der Waals surface area contributed by atoms with Crippen LogP contribution in [0.2, 0.25) is 0 Å². The molecule has 0 radical (unpaired) electrons. The number of hydrogen-bond donors (Lipinski definition) is 2. The van der Waals surface area contributed by atoms with E-state index in [1.54, 1.807) is 0 Å². The van der Waals surface area contributed by atoms with E-state index >= 15 is 0 Å². The molecule has 1 atom stereocenters. The lowest BCUT2D eigenvalue weighted by molar-refractivity contribution is -0.136. The monoisotopic (exact) mass is 327 g/mol. The highest BCUT2D eigenvalue weighted by molar-refractivity contribution is 5.83. The van der Waals surface area contributed by atoms with Crippen LogP contribution in [0.5, 0.6) is 0 Å². The van der Waals surface area contributed by atoms with Crippen LogP contribution in [0.3, 0.4) is 0 Å². The van der Waals surface area contributed by atoms with Crippen LogP contribution in [0.15, 0.2) is 18.2 Å². The lowest BCUT2D eigenvalue weighted by Gasteiger charge is -2.32. The number of piperidine rings is 1. The van der Waals surface area contributed by atoms with Crippen molar-refractivity contribution in [3.63, 3.8) is 0 Å². The van der Waals surface area contributed by atoms with E-state index in [2.05, 4.69) is 28.8 Å². The molecule has 1 saturated heterocycles. The van der Waals surface area contributed by atoms with E-state index in [-0.39, 0.29) is 23.7 Å². The van der Waals surface area contributed by atoms with Crippen molar-refractivity contribution < 1.29 is 9.59 Å². The summed E-state index contributed by atoms with van der Waals surface area (Å²) in [6.45, 7) is 3.83. The van der Waals surface area contributed by atoms with Gasteiger partial charge >= 0.3 is 0 Å². The number of carbonyl (C=O) groups is 2. The summed E-state index contributed by atoms with van der Waals surface area (Å²) in [5.41, 5.74) is 3.83. The number of nitrogens with zero attached hydrogens (tertiary/aromatic N) is 1. The van der Waals surface area contributed by atoms with E-state index < -0.39 is 0 Å². The first kappa shape index (κ1) is 15.6. The largest absolute Gasteiger partial charge is 0.352 e. The van der Waals surface area contributed by atoms with Gasteiger partial charge in [-0.2, -0.15) is 0 Å². The van der Waals surface area contributed by atoms with Gasteiger partial charge in [-0.15, -0.1) is 0 Å². The van der Waals surface area contributed by atoms with E-state index in [0.717, 1.165) is 50.9 Å². The fourth-order valence-electron chi connectivity index (χ4n) is 3.77. The summed E-state index contributed by atoms with van der Waals surface area (Å²) in [6, 6.07) is 6.42. The fourth-order valence-corrected chi connectivity index (χ4v) is 3.77. The number of carbonyl (C=O) groups excluding carboxylic acids is 2. The minimum Gasteiger partial charge on any atom is -0.352 e. The standard InChI is InChI=1S/C19H25N3O2/c23-18(16-2-1-7-22(12-16)19(24)14-5-6-14)21-9-13-3-4-15-10-20-11-17(15)8-13/h3-4,8,14,16,20H,1-2,5-7,9-12H2,(H,21,23). The van der Waals surface area contributed by atoms with Gasteiger partial charge in [-0.05, 0) is 42.4 Å². The van der Waals surface area contributed by atoms with Crippen LogP contribution in [-0.2, 0) is 29.2 Å². The summed E-state index contributed by atoms with van der Waals surface area (Å²) < 4.78 is 0. The lowest BCUT2D eigenvalue weighted by Crippen LogP contribution is -2.45. The Kier molecular flexibility index (Phi) is 4.27. The number of nitrogens with one attached hydrogen (secondary N) is 2. The number of rotatable bonds is 4. The molecule has 4 rings (SSSR count). The molecule has 0 aromatic heterocycles. The first-order valence-electron chi connectivity index (χ1n) is 9.08. The number of hydrogen-bond acceptors (Lipinski definition) is 3. The zero-order chi connectivity index (χ0) is 16.5. The number of amides is 2. The van der Waals surface area contributed by atoms with Crippen molar-refractivity contribution in [3.8, 4) is 0 Å². The molecule has 2 heterocycles. The molecule has 1 aromatic carbocycles. The van der Waals surface area contributed by atoms with Crippen LogP contribution in [0.1, 0.15) is 42.4 Å². The van der Waals surface area contributed by atoms with Gasteiger partial charge in [-0.1, -0.05) is 18.2 Å². The molecule has 2 fully saturated rings. The summed E-state index contributed by atoms with van der Waals surface area (Å²) in [6.07, 6.45) is 3.87. The summed E-state index contributed by atoms with van der Waals surface area (Å²) in [7, 11) is 0. The number of likely N-dealkylation sites (tertiary alicyclic amines) is 1. The molecule has 0 spiro atoms. The summed E-state index contributed by atoms with van der Waals surface area (Å²) in [5.74, 6) is 0.532. The average molecular weight is 327 g/mol. The zero-order valence-corrected chi connectivity index (χ0v) is 14.0. The van der Waals surface area contributed by atoms with Gasteiger partial charge < -0.3 is 15.5 Å². The number of benzene rings is 1. The smallest absolute Gasteiger partial charge is 0.225 e. The molecule has 2 aliphatic heterocycles. The molecule has 3 aliphatic rings. The Balaban J connectivity index is 1.31. The van der Waals surface area contributed by atoms with E-state index in [9.17, 15) is 9.59 Å². The predicted octanol–water partition coefficient (Wildman–Crippen LogP) is 1.55. The summed E-state index contributed by atoms with van der Waals surface area (Å²) in [4.78, 5) is 26.6. The van der Waals surface area contributed by atoms with Gasteiger partial charge in [0.15, 0.2) is 0 Å². The van der Waals surface area contributed by atoms with Gasteiger partial charge in [0.25, 0.3) is 0 Å². The predicted molar refractivity (Wildman–Crippen MR) is 90.9 cm³/mol. The normalized spacial score (nSPS) is 23.0. The highest BCUT2D eigenvalue weighted by Gasteiger charge is 2.36. The zero-order valence-electron chi connectivity index (χ0n) is 14.0. The first-order valence-corrected chi connectivity index (χ1v) is 9.08. The molecule has 0 bridgehead atoms. The van der Waals surface area contributed by atoms with Gasteiger partial charge in [0.1, 0.15) is 0 Å². The minimum atomic E-state index is -0.0578. The Morgan fingerprint density at radius 3 is 2.79 bits per heavy atom. The Morgan fingerprint density at radius 1 is 1.12 bits per heavy atom. The maximum atomic E-state index is 12.5. The SMILES string of the molecule is O=C(NCc1ccc2c(c1)CNC2)C1CCCN(C(=O)C2CC2)C1. The molecule has 5 nitrogen and oxygen atoms in total. The van der Waals surface area contributed by atoms with E-state index in [1.165, 1.54) is 11.1 Å². The summed E-state index contributed by atoms with van der Waals surface area (Å²) in [5, 5.41) is 6.40. The van der Waals surface area contributed by atoms with Crippen molar-refractivity contribution in [3.05, 3.63) is 34.9 Å². The molecule has 2 amide bonds. The first-order chi connectivity index (χ1) is 11.7. The molecule has 2 N–H and O–H groups in total. The maximum Gasteiger partial charge on any atom is 0.225 e.